The lowest BCUT2D eigenvalue weighted by molar-refractivity contribution is 0.292. The molecule has 0 spiro atoms. The van der Waals surface area contributed by atoms with Crippen LogP contribution in [0.4, 0.5) is 0 Å². The van der Waals surface area contributed by atoms with Crippen molar-refractivity contribution in [3.63, 3.8) is 0 Å². The number of nitrogens with zero attached hydrogens (tertiary/aromatic N) is 2. The first-order chi connectivity index (χ1) is 4.93. The van der Waals surface area contributed by atoms with Crippen molar-refractivity contribution in [2.45, 2.75) is 6.54 Å². The molecule has 0 amide bonds. The quantitative estimate of drug-likeness (QED) is 0.588. The summed E-state index contributed by atoms with van der Waals surface area (Å²) in [6, 6.07) is 0. The lowest BCUT2D eigenvalue weighted by Gasteiger charge is -1.96. The maximum atomic E-state index is 8.40. The van der Waals surface area contributed by atoms with Crippen molar-refractivity contribution in [3.05, 3.63) is 11.1 Å². The lowest BCUT2D eigenvalue weighted by atomic mass is 10.5. The van der Waals surface area contributed by atoms with E-state index in [1.165, 1.54) is 11.5 Å². The Balaban J connectivity index is 2.15. The van der Waals surface area contributed by atoms with Crippen molar-refractivity contribution in [1.29, 1.82) is 0 Å². The molecule has 0 unspecified atom stereocenters. The molecule has 0 aromatic carbocycles. The summed E-state index contributed by atoms with van der Waals surface area (Å²) in [6.07, 6.45) is 1.72. The summed E-state index contributed by atoms with van der Waals surface area (Å²) >= 11 is 1.37. The van der Waals surface area contributed by atoms with Crippen molar-refractivity contribution >= 4 is 11.5 Å². The fraction of sp³-hybridized carbons (Fsp3) is 0.600. The van der Waals surface area contributed by atoms with E-state index < -0.39 is 0 Å². The molecule has 0 radical (unpaired) electrons. The van der Waals surface area contributed by atoms with E-state index in [2.05, 4.69) is 14.9 Å². The van der Waals surface area contributed by atoms with Gasteiger partial charge in [-0.25, -0.2) is 0 Å². The van der Waals surface area contributed by atoms with Crippen molar-refractivity contribution in [2.75, 3.05) is 13.2 Å². The second kappa shape index (κ2) is 4.32. The predicted molar refractivity (Wildman–Crippen MR) is 38.7 cm³/mol. The van der Waals surface area contributed by atoms with Gasteiger partial charge in [0.15, 0.2) is 0 Å². The molecule has 0 saturated carbocycles. The van der Waals surface area contributed by atoms with Gasteiger partial charge in [0.2, 0.25) is 0 Å². The molecule has 56 valence electrons. The summed E-state index contributed by atoms with van der Waals surface area (Å²) in [5, 5.41) is 15.1. The molecule has 1 heterocycles. The second-order valence-corrected chi connectivity index (χ2v) is 2.65. The Kier molecular flexibility index (Phi) is 3.28. The first-order valence-electron chi connectivity index (χ1n) is 3.01. The Labute approximate surface area is 63.1 Å². The Bertz CT molecular complexity index is 165. The van der Waals surface area contributed by atoms with Gasteiger partial charge >= 0.3 is 0 Å². The van der Waals surface area contributed by atoms with E-state index in [1.54, 1.807) is 6.20 Å². The normalized spacial score (nSPS) is 10.1. The van der Waals surface area contributed by atoms with Gasteiger partial charge in [-0.15, -0.1) is 5.10 Å². The number of aromatic nitrogens is 2. The molecule has 0 aliphatic heterocycles. The van der Waals surface area contributed by atoms with Gasteiger partial charge in [-0.2, -0.15) is 0 Å². The number of nitrogens with one attached hydrogen (secondary N) is 1. The largest absolute Gasteiger partial charge is 0.395 e. The number of hydrogen-bond donors (Lipinski definition) is 2. The Morgan fingerprint density at radius 1 is 1.70 bits per heavy atom. The van der Waals surface area contributed by atoms with Crippen LogP contribution in [0.3, 0.4) is 0 Å². The fourth-order valence-corrected chi connectivity index (χ4v) is 1.02. The van der Waals surface area contributed by atoms with Crippen LogP contribution in [0.5, 0.6) is 0 Å². The Morgan fingerprint density at radius 3 is 3.20 bits per heavy atom. The standard InChI is InChI=1S/C5H9N3OS/c9-2-1-6-3-5-4-7-8-10-5/h4,6,9H,1-3H2. The molecular formula is C5H9N3OS. The molecule has 4 nitrogen and oxygen atoms in total. The first kappa shape index (κ1) is 7.59. The van der Waals surface area contributed by atoms with Crippen LogP contribution >= 0.6 is 11.5 Å². The van der Waals surface area contributed by atoms with Crippen molar-refractivity contribution in [2.24, 2.45) is 0 Å². The van der Waals surface area contributed by atoms with Crippen LogP contribution in [0.25, 0.3) is 0 Å². The average molecular weight is 159 g/mol. The van der Waals surface area contributed by atoms with Crippen molar-refractivity contribution < 1.29 is 5.11 Å². The fourth-order valence-electron chi connectivity index (χ4n) is 0.556. The van der Waals surface area contributed by atoms with Crippen LogP contribution in [0, 0.1) is 0 Å². The highest BCUT2D eigenvalue weighted by atomic mass is 32.1. The van der Waals surface area contributed by atoms with Crippen LogP contribution in [0.15, 0.2) is 6.20 Å². The third-order valence-corrected chi connectivity index (χ3v) is 1.65. The zero-order valence-corrected chi connectivity index (χ0v) is 6.27. The molecule has 0 aliphatic rings. The van der Waals surface area contributed by atoms with Gasteiger partial charge in [0.05, 0.1) is 17.7 Å². The smallest absolute Gasteiger partial charge is 0.0666 e. The van der Waals surface area contributed by atoms with Gasteiger partial charge in [0.1, 0.15) is 0 Å². The number of rotatable bonds is 4. The molecule has 10 heavy (non-hydrogen) atoms. The summed E-state index contributed by atoms with van der Waals surface area (Å²) in [6.45, 7) is 1.54. The van der Waals surface area contributed by atoms with Crippen LogP contribution < -0.4 is 5.32 Å². The maximum absolute atomic E-state index is 8.40. The number of hydrogen-bond acceptors (Lipinski definition) is 5. The van der Waals surface area contributed by atoms with Gasteiger partial charge in [0, 0.05) is 13.1 Å². The van der Waals surface area contributed by atoms with Crippen molar-refractivity contribution in [3.8, 4) is 0 Å². The van der Waals surface area contributed by atoms with E-state index in [4.69, 9.17) is 5.11 Å². The summed E-state index contributed by atoms with van der Waals surface area (Å²) < 4.78 is 3.69. The van der Waals surface area contributed by atoms with E-state index in [-0.39, 0.29) is 6.61 Å². The van der Waals surface area contributed by atoms with Gasteiger partial charge in [-0.05, 0) is 11.5 Å². The van der Waals surface area contributed by atoms with Crippen LogP contribution in [0.1, 0.15) is 4.88 Å². The Morgan fingerprint density at radius 2 is 2.60 bits per heavy atom. The van der Waals surface area contributed by atoms with Gasteiger partial charge < -0.3 is 10.4 Å². The monoisotopic (exact) mass is 159 g/mol. The average Bonchev–Trinajstić information content (AvgIpc) is 2.41. The number of aliphatic hydroxyl groups is 1. The minimum Gasteiger partial charge on any atom is -0.395 e. The molecule has 0 aliphatic carbocycles. The molecule has 0 atom stereocenters. The SMILES string of the molecule is OCCNCc1cnns1. The van der Waals surface area contributed by atoms with E-state index >= 15 is 0 Å². The highest BCUT2D eigenvalue weighted by Gasteiger charge is 1.92. The van der Waals surface area contributed by atoms with E-state index in [0.717, 1.165) is 11.4 Å². The molecule has 1 rings (SSSR count). The zero-order valence-electron chi connectivity index (χ0n) is 5.45. The highest BCUT2D eigenvalue weighted by Crippen LogP contribution is 1.99. The first-order valence-corrected chi connectivity index (χ1v) is 3.78. The summed E-state index contributed by atoms with van der Waals surface area (Å²) in [4.78, 5) is 1.09. The van der Waals surface area contributed by atoms with E-state index in [9.17, 15) is 0 Å². The maximum Gasteiger partial charge on any atom is 0.0666 e. The third kappa shape index (κ3) is 2.38. The summed E-state index contributed by atoms with van der Waals surface area (Å²) in [5.74, 6) is 0. The Hall–Kier alpha value is -0.520. The van der Waals surface area contributed by atoms with Crippen molar-refractivity contribution in [1.82, 2.24) is 14.9 Å². The summed E-state index contributed by atoms with van der Waals surface area (Å²) in [5.41, 5.74) is 0. The molecule has 5 heteroatoms. The molecule has 0 fully saturated rings. The lowest BCUT2D eigenvalue weighted by Crippen LogP contribution is -2.16. The van der Waals surface area contributed by atoms with E-state index in [0.29, 0.717) is 6.54 Å². The molecule has 1 aromatic heterocycles. The number of aliphatic hydroxyl groups excluding tert-OH is 1. The van der Waals surface area contributed by atoms with Crippen LogP contribution in [-0.2, 0) is 6.54 Å². The minimum atomic E-state index is 0.173. The molecule has 2 N–H and O–H groups in total. The summed E-state index contributed by atoms with van der Waals surface area (Å²) in [7, 11) is 0. The molecule has 0 bridgehead atoms. The second-order valence-electron chi connectivity index (χ2n) is 1.78. The molecular weight excluding hydrogens is 150 g/mol. The molecule has 0 saturated heterocycles. The van der Waals surface area contributed by atoms with Gasteiger partial charge in [-0.3, -0.25) is 0 Å². The van der Waals surface area contributed by atoms with Gasteiger partial charge in [-0.1, -0.05) is 4.49 Å². The topological polar surface area (TPSA) is 58.0 Å². The van der Waals surface area contributed by atoms with Gasteiger partial charge in [0.25, 0.3) is 0 Å². The van der Waals surface area contributed by atoms with E-state index in [1.807, 2.05) is 0 Å². The third-order valence-electron chi connectivity index (χ3n) is 0.995. The zero-order chi connectivity index (χ0) is 7.23. The van der Waals surface area contributed by atoms with Crippen LogP contribution in [-0.4, -0.2) is 27.8 Å². The van der Waals surface area contributed by atoms with Crippen LogP contribution in [0.2, 0.25) is 0 Å². The minimum absolute atomic E-state index is 0.173. The molecule has 1 aromatic rings. The highest BCUT2D eigenvalue weighted by molar-refractivity contribution is 7.05. The predicted octanol–water partition coefficient (Wildman–Crippen LogP) is -0.380.